The maximum Gasteiger partial charge on any atom is 0.221 e. The van der Waals surface area contributed by atoms with Gasteiger partial charge in [-0.2, -0.15) is 16.1 Å². The van der Waals surface area contributed by atoms with E-state index >= 15 is 0 Å². The number of imidazole rings is 1. The molecule has 4 aromatic heterocycles. The van der Waals surface area contributed by atoms with E-state index in [2.05, 4.69) is 31.9 Å². The van der Waals surface area contributed by atoms with Crippen molar-refractivity contribution in [1.82, 2.24) is 41.4 Å². The van der Waals surface area contributed by atoms with Gasteiger partial charge in [0.2, 0.25) is 5.88 Å². The van der Waals surface area contributed by atoms with Crippen LogP contribution in [0.15, 0.2) is 48.0 Å². The molecule has 0 bridgehead atoms. The Balaban J connectivity index is 1.77. The summed E-state index contributed by atoms with van der Waals surface area (Å²) in [5.74, 6) is 0.897. The van der Waals surface area contributed by atoms with E-state index in [0.717, 1.165) is 16.0 Å². The van der Waals surface area contributed by atoms with Crippen molar-refractivity contribution in [3.8, 4) is 5.88 Å². The lowest BCUT2D eigenvalue weighted by Crippen LogP contribution is -2.33. The predicted molar refractivity (Wildman–Crippen MR) is 116 cm³/mol. The van der Waals surface area contributed by atoms with Crippen molar-refractivity contribution in [3.63, 3.8) is 0 Å². The number of aryl methyl sites for hydroxylation is 1. The van der Waals surface area contributed by atoms with Crippen molar-refractivity contribution in [2.75, 3.05) is 7.11 Å². The molecule has 0 aliphatic carbocycles. The minimum Gasteiger partial charge on any atom is -0.481 e. The van der Waals surface area contributed by atoms with Crippen molar-refractivity contribution in [1.29, 1.82) is 0 Å². The number of thiophene rings is 1. The molecular weight excluding hydrogens is 416 g/mol. The molecule has 1 aliphatic rings. The number of fused-ring (bicyclic) bond motifs is 1. The molecule has 1 saturated heterocycles. The first kappa shape index (κ1) is 20.0. The second-order valence-corrected chi connectivity index (χ2v) is 7.93. The molecule has 5 N–H and O–H groups in total. The molecule has 5 rings (SSSR count). The fourth-order valence-corrected chi connectivity index (χ4v) is 4.66. The number of nitrogens with zero attached hydrogens (tertiary/aromatic N) is 4. The van der Waals surface area contributed by atoms with Gasteiger partial charge in [-0.15, -0.1) is 11.3 Å². The average molecular weight is 439 g/mol. The Morgan fingerprint density at radius 3 is 2.68 bits per heavy atom. The Hall–Kier alpha value is -2.93. The minimum absolute atomic E-state index is 0.262. The van der Waals surface area contributed by atoms with Gasteiger partial charge >= 0.3 is 0 Å². The van der Waals surface area contributed by atoms with Gasteiger partial charge in [-0.05, 0) is 36.6 Å². The Morgan fingerprint density at radius 2 is 2.03 bits per heavy atom. The van der Waals surface area contributed by atoms with Crippen LogP contribution in [0.5, 0.6) is 5.88 Å². The van der Waals surface area contributed by atoms with Gasteiger partial charge in [0, 0.05) is 17.6 Å². The second kappa shape index (κ2) is 7.96. The first-order valence-corrected chi connectivity index (χ1v) is 10.7. The van der Waals surface area contributed by atoms with E-state index < -0.39 is 5.60 Å². The standard InChI is InChI=1S/C20H22N8O2S/c1-3-28-13-11-12(16-24-26-27-25-16)18(30-2)22-17(13)23-19(28)20(29,15-8-6-10-31-15)14-7-4-5-9-21-14/h4-11,16,24-27,29H,3H2,1-2H3. The highest BCUT2D eigenvalue weighted by molar-refractivity contribution is 7.10. The van der Waals surface area contributed by atoms with Crippen molar-refractivity contribution in [2.45, 2.75) is 25.2 Å². The topological polar surface area (TPSA) is 121 Å². The summed E-state index contributed by atoms with van der Waals surface area (Å²) >= 11 is 1.45. The van der Waals surface area contributed by atoms with Gasteiger partial charge in [0.1, 0.15) is 6.17 Å². The van der Waals surface area contributed by atoms with Crippen molar-refractivity contribution in [2.24, 2.45) is 0 Å². The highest BCUT2D eigenvalue weighted by Crippen LogP contribution is 2.39. The van der Waals surface area contributed by atoms with Crippen molar-refractivity contribution < 1.29 is 9.84 Å². The summed E-state index contributed by atoms with van der Waals surface area (Å²) in [6.45, 7) is 2.60. The van der Waals surface area contributed by atoms with Crippen LogP contribution in [0, 0.1) is 0 Å². The molecule has 0 saturated carbocycles. The molecule has 0 radical (unpaired) electrons. The van der Waals surface area contributed by atoms with E-state index in [1.165, 1.54) is 11.3 Å². The number of pyridine rings is 2. The van der Waals surface area contributed by atoms with E-state index in [0.29, 0.717) is 29.6 Å². The van der Waals surface area contributed by atoms with Crippen LogP contribution in [0.4, 0.5) is 0 Å². The van der Waals surface area contributed by atoms with Gasteiger partial charge in [-0.1, -0.05) is 12.1 Å². The summed E-state index contributed by atoms with van der Waals surface area (Å²) in [5, 5.41) is 14.0. The Kier molecular flexibility index (Phi) is 5.14. The second-order valence-electron chi connectivity index (χ2n) is 6.98. The van der Waals surface area contributed by atoms with E-state index in [-0.39, 0.29) is 6.17 Å². The van der Waals surface area contributed by atoms with Crippen LogP contribution >= 0.6 is 11.3 Å². The third-order valence-corrected chi connectivity index (χ3v) is 6.27. The summed E-state index contributed by atoms with van der Waals surface area (Å²) in [6, 6.07) is 11.3. The fraction of sp³-hybridized carbons (Fsp3) is 0.250. The van der Waals surface area contributed by atoms with Crippen molar-refractivity contribution in [3.05, 3.63) is 69.9 Å². The van der Waals surface area contributed by atoms with E-state index in [4.69, 9.17) is 9.72 Å². The number of hydrazine groups is 3. The Bertz CT molecular complexity index is 1190. The van der Waals surface area contributed by atoms with Crippen LogP contribution in [0.1, 0.15) is 35.0 Å². The lowest BCUT2D eigenvalue weighted by atomic mass is 9.95. The SMILES string of the molecule is CCn1c(C(O)(c2ccccn2)c2cccs2)nc2nc(OC)c(C3NNNN3)cc21. The Morgan fingerprint density at radius 1 is 1.19 bits per heavy atom. The normalized spacial score (nSPS) is 16.6. The molecule has 0 aromatic carbocycles. The quantitative estimate of drug-likeness (QED) is 0.303. The van der Waals surface area contributed by atoms with Gasteiger partial charge in [0.15, 0.2) is 17.1 Å². The smallest absolute Gasteiger partial charge is 0.221 e. The first-order valence-electron chi connectivity index (χ1n) is 9.81. The van der Waals surface area contributed by atoms with Crippen LogP contribution < -0.4 is 26.7 Å². The molecule has 31 heavy (non-hydrogen) atoms. The van der Waals surface area contributed by atoms with Crippen molar-refractivity contribution >= 4 is 22.5 Å². The third-order valence-electron chi connectivity index (χ3n) is 5.29. The number of rotatable bonds is 6. The number of ether oxygens (including phenoxy) is 1. The fourth-order valence-electron chi connectivity index (χ4n) is 3.83. The van der Waals surface area contributed by atoms with E-state index in [1.54, 1.807) is 13.3 Å². The Labute approximate surface area is 182 Å². The molecule has 10 nitrogen and oxygen atoms in total. The molecule has 0 amide bonds. The summed E-state index contributed by atoms with van der Waals surface area (Å²) in [4.78, 5) is 14.6. The van der Waals surface area contributed by atoms with Crippen LogP contribution in [0.3, 0.4) is 0 Å². The van der Waals surface area contributed by atoms with Gasteiger partial charge in [0.25, 0.3) is 0 Å². The zero-order valence-corrected chi connectivity index (χ0v) is 17.8. The molecule has 0 spiro atoms. The zero-order valence-electron chi connectivity index (χ0n) is 17.0. The van der Waals surface area contributed by atoms with Crippen LogP contribution in [0.2, 0.25) is 0 Å². The largest absolute Gasteiger partial charge is 0.481 e. The van der Waals surface area contributed by atoms with Gasteiger partial charge in [0.05, 0.1) is 23.9 Å². The highest BCUT2D eigenvalue weighted by Gasteiger charge is 2.41. The molecule has 4 aromatic rings. The number of methoxy groups -OCH3 is 1. The average Bonchev–Trinajstić information content (AvgIpc) is 3.58. The molecule has 1 fully saturated rings. The summed E-state index contributed by atoms with van der Waals surface area (Å²) < 4.78 is 7.49. The van der Waals surface area contributed by atoms with E-state index in [9.17, 15) is 5.11 Å². The predicted octanol–water partition coefficient (Wildman–Crippen LogP) is 1.32. The summed E-state index contributed by atoms with van der Waals surface area (Å²) in [5.41, 5.74) is 12.8. The molecule has 160 valence electrons. The van der Waals surface area contributed by atoms with Crippen LogP contribution in [-0.4, -0.2) is 31.7 Å². The zero-order chi connectivity index (χ0) is 21.4. The van der Waals surface area contributed by atoms with E-state index in [1.807, 2.05) is 53.3 Å². The number of hydrogen-bond acceptors (Lipinski definition) is 10. The maximum absolute atomic E-state index is 12.1. The first-order chi connectivity index (χ1) is 15.2. The van der Waals surface area contributed by atoms with Crippen LogP contribution in [0.25, 0.3) is 11.2 Å². The van der Waals surface area contributed by atoms with Gasteiger partial charge in [-0.25, -0.2) is 15.8 Å². The summed E-state index contributed by atoms with van der Waals surface area (Å²) in [7, 11) is 1.57. The molecule has 1 aliphatic heterocycles. The molecule has 1 unspecified atom stereocenters. The minimum atomic E-state index is -1.52. The molecule has 1 atom stereocenters. The number of hydrogen-bond donors (Lipinski definition) is 5. The van der Waals surface area contributed by atoms with Crippen LogP contribution in [-0.2, 0) is 12.1 Å². The summed E-state index contributed by atoms with van der Waals surface area (Å²) in [6.07, 6.45) is 1.41. The lowest BCUT2D eigenvalue weighted by molar-refractivity contribution is 0.111. The molecule has 11 heteroatoms. The number of nitrogens with one attached hydrogen (secondary N) is 4. The maximum atomic E-state index is 12.1. The number of aromatic nitrogens is 4. The lowest BCUT2D eigenvalue weighted by Gasteiger charge is -2.26. The molecular formula is C20H22N8O2S. The third kappa shape index (κ3) is 3.19. The monoisotopic (exact) mass is 438 g/mol. The van der Waals surface area contributed by atoms with Gasteiger partial charge in [-0.3, -0.25) is 4.98 Å². The molecule has 5 heterocycles. The number of aliphatic hydroxyl groups is 1. The highest BCUT2D eigenvalue weighted by atomic mass is 32.1. The van der Waals surface area contributed by atoms with Gasteiger partial charge < -0.3 is 14.4 Å².